The maximum Gasteiger partial charge on any atom is 0.243 e. The van der Waals surface area contributed by atoms with Gasteiger partial charge in [-0.1, -0.05) is 0 Å². The molecule has 24 heavy (non-hydrogen) atoms. The van der Waals surface area contributed by atoms with Crippen LogP contribution in [0.15, 0.2) is 23.1 Å². The van der Waals surface area contributed by atoms with E-state index < -0.39 is 10.0 Å². The molecule has 0 radical (unpaired) electrons. The first-order valence-electron chi connectivity index (χ1n) is 7.90. The van der Waals surface area contributed by atoms with Gasteiger partial charge in [-0.3, -0.25) is 4.79 Å². The van der Waals surface area contributed by atoms with Gasteiger partial charge in [-0.2, -0.15) is 4.31 Å². The molecule has 0 aliphatic carbocycles. The van der Waals surface area contributed by atoms with Gasteiger partial charge in [0, 0.05) is 32.2 Å². The number of carbonyl (C=O) groups is 1. The summed E-state index contributed by atoms with van der Waals surface area (Å²) in [4.78, 5) is 13.5. The highest BCUT2D eigenvalue weighted by atomic mass is 32.2. The van der Waals surface area contributed by atoms with Gasteiger partial charge in [-0.05, 0) is 18.6 Å². The standard InChI is InChI=1S/C15H21N3O5S/c16-11-15(19)17-4-1-5-18(7-6-17)24(20,21)12-2-3-13-14(10-12)23-9-8-22-13/h2-3,10H,1,4-9,11,16H2. The first kappa shape index (κ1) is 17.0. The Bertz CT molecular complexity index is 722. The molecule has 1 saturated heterocycles. The summed E-state index contributed by atoms with van der Waals surface area (Å²) in [5.74, 6) is 0.835. The van der Waals surface area contributed by atoms with E-state index in [1.807, 2.05) is 0 Å². The predicted molar refractivity (Wildman–Crippen MR) is 86.4 cm³/mol. The molecule has 1 fully saturated rings. The molecule has 3 rings (SSSR count). The Morgan fingerprint density at radius 1 is 1.08 bits per heavy atom. The van der Waals surface area contributed by atoms with Crippen molar-refractivity contribution in [3.05, 3.63) is 18.2 Å². The molecule has 0 aromatic heterocycles. The largest absolute Gasteiger partial charge is 0.486 e. The van der Waals surface area contributed by atoms with Crippen LogP contribution in [0.25, 0.3) is 0 Å². The molecule has 1 aromatic rings. The Hall–Kier alpha value is -1.84. The Labute approximate surface area is 141 Å². The fraction of sp³-hybridized carbons (Fsp3) is 0.533. The molecule has 1 aromatic carbocycles. The lowest BCUT2D eigenvalue weighted by atomic mass is 10.3. The van der Waals surface area contributed by atoms with E-state index in [1.54, 1.807) is 11.0 Å². The van der Waals surface area contributed by atoms with Crippen molar-refractivity contribution in [3.8, 4) is 11.5 Å². The molecule has 0 spiro atoms. The highest BCUT2D eigenvalue weighted by Gasteiger charge is 2.29. The number of ether oxygens (including phenoxy) is 2. The molecular weight excluding hydrogens is 334 g/mol. The van der Waals surface area contributed by atoms with Gasteiger partial charge < -0.3 is 20.1 Å². The highest BCUT2D eigenvalue weighted by molar-refractivity contribution is 7.89. The normalized spacial score (nSPS) is 19.0. The van der Waals surface area contributed by atoms with Gasteiger partial charge in [-0.25, -0.2) is 8.42 Å². The van der Waals surface area contributed by atoms with Gasteiger partial charge >= 0.3 is 0 Å². The fourth-order valence-corrected chi connectivity index (χ4v) is 4.33. The number of benzene rings is 1. The lowest BCUT2D eigenvalue weighted by Gasteiger charge is -2.23. The minimum Gasteiger partial charge on any atom is -0.486 e. The number of hydrogen-bond acceptors (Lipinski definition) is 6. The predicted octanol–water partition coefficient (Wildman–Crippen LogP) is -0.360. The van der Waals surface area contributed by atoms with Crippen LogP contribution in [0.5, 0.6) is 11.5 Å². The van der Waals surface area contributed by atoms with E-state index in [2.05, 4.69) is 0 Å². The summed E-state index contributed by atoms with van der Waals surface area (Å²) in [5, 5.41) is 0. The summed E-state index contributed by atoms with van der Waals surface area (Å²) >= 11 is 0. The van der Waals surface area contributed by atoms with Crippen molar-refractivity contribution in [1.82, 2.24) is 9.21 Å². The van der Waals surface area contributed by atoms with Gasteiger partial charge in [0.15, 0.2) is 11.5 Å². The van der Waals surface area contributed by atoms with E-state index >= 15 is 0 Å². The van der Waals surface area contributed by atoms with Gasteiger partial charge in [0.1, 0.15) is 13.2 Å². The van der Waals surface area contributed by atoms with E-state index in [4.69, 9.17) is 15.2 Å². The fourth-order valence-electron chi connectivity index (χ4n) is 2.85. The molecule has 1 amide bonds. The van der Waals surface area contributed by atoms with Crippen molar-refractivity contribution >= 4 is 15.9 Å². The molecule has 0 atom stereocenters. The van der Waals surface area contributed by atoms with E-state index in [1.165, 1.54) is 16.4 Å². The van der Waals surface area contributed by atoms with Crippen LogP contribution in [-0.2, 0) is 14.8 Å². The third-order valence-corrected chi connectivity index (χ3v) is 6.03. The molecule has 0 bridgehead atoms. The van der Waals surface area contributed by atoms with Gasteiger partial charge in [0.2, 0.25) is 15.9 Å². The van der Waals surface area contributed by atoms with E-state index in [-0.39, 0.29) is 23.9 Å². The summed E-state index contributed by atoms with van der Waals surface area (Å²) in [6, 6.07) is 4.64. The molecule has 0 saturated carbocycles. The Kier molecular flexibility index (Phi) is 4.93. The molecule has 2 N–H and O–H groups in total. The van der Waals surface area contributed by atoms with Crippen molar-refractivity contribution in [1.29, 1.82) is 0 Å². The van der Waals surface area contributed by atoms with Crippen molar-refractivity contribution in [2.45, 2.75) is 11.3 Å². The smallest absolute Gasteiger partial charge is 0.243 e. The quantitative estimate of drug-likeness (QED) is 0.794. The first-order valence-corrected chi connectivity index (χ1v) is 9.34. The van der Waals surface area contributed by atoms with E-state index in [0.717, 1.165) is 0 Å². The van der Waals surface area contributed by atoms with Crippen LogP contribution < -0.4 is 15.2 Å². The second-order valence-electron chi connectivity index (χ2n) is 5.65. The highest BCUT2D eigenvalue weighted by Crippen LogP contribution is 2.33. The van der Waals surface area contributed by atoms with Crippen molar-refractivity contribution in [2.75, 3.05) is 45.9 Å². The maximum atomic E-state index is 12.9. The number of fused-ring (bicyclic) bond motifs is 1. The van der Waals surface area contributed by atoms with Crippen LogP contribution in [0.1, 0.15) is 6.42 Å². The van der Waals surface area contributed by atoms with Crippen LogP contribution in [0.3, 0.4) is 0 Å². The molecule has 2 heterocycles. The third-order valence-electron chi connectivity index (χ3n) is 4.13. The summed E-state index contributed by atoms with van der Waals surface area (Å²) in [6.45, 7) is 2.28. The van der Waals surface area contributed by atoms with Crippen LogP contribution in [-0.4, -0.2) is 69.5 Å². The number of amides is 1. The molecule has 9 heteroatoms. The van der Waals surface area contributed by atoms with Crippen molar-refractivity contribution < 1.29 is 22.7 Å². The summed E-state index contributed by atoms with van der Waals surface area (Å²) in [5.41, 5.74) is 5.38. The number of nitrogens with zero attached hydrogens (tertiary/aromatic N) is 2. The van der Waals surface area contributed by atoms with Gasteiger partial charge in [0.25, 0.3) is 0 Å². The summed E-state index contributed by atoms with van der Waals surface area (Å²) in [6.07, 6.45) is 0.579. The zero-order chi connectivity index (χ0) is 17.2. The average Bonchev–Trinajstić information content (AvgIpc) is 2.87. The monoisotopic (exact) mass is 355 g/mol. The zero-order valence-corrected chi connectivity index (χ0v) is 14.1. The molecule has 0 unspecified atom stereocenters. The number of hydrogen-bond donors (Lipinski definition) is 1. The number of sulfonamides is 1. The number of rotatable bonds is 3. The number of carbonyl (C=O) groups excluding carboxylic acids is 1. The second kappa shape index (κ2) is 6.96. The van der Waals surface area contributed by atoms with Crippen molar-refractivity contribution in [3.63, 3.8) is 0 Å². The average molecular weight is 355 g/mol. The molecular formula is C15H21N3O5S. The minimum absolute atomic E-state index is 0.0606. The Balaban J connectivity index is 1.79. The van der Waals surface area contributed by atoms with Gasteiger partial charge in [0.05, 0.1) is 11.4 Å². The van der Waals surface area contributed by atoms with E-state index in [0.29, 0.717) is 50.8 Å². The third kappa shape index (κ3) is 3.33. The molecule has 2 aliphatic rings. The van der Waals surface area contributed by atoms with Crippen LogP contribution in [0.2, 0.25) is 0 Å². The van der Waals surface area contributed by atoms with Crippen LogP contribution >= 0.6 is 0 Å². The molecule has 132 valence electrons. The van der Waals surface area contributed by atoms with Crippen LogP contribution in [0, 0.1) is 0 Å². The second-order valence-corrected chi connectivity index (χ2v) is 7.59. The topological polar surface area (TPSA) is 102 Å². The zero-order valence-electron chi connectivity index (χ0n) is 13.3. The summed E-state index contributed by atoms with van der Waals surface area (Å²) in [7, 11) is -3.65. The lowest BCUT2D eigenvalue weighted by molar-refractivity contribution is -0.129. The lowest BCUT2D eigenvalue weighted by Crippen LogP contribution is -2.39. The Morgan fingerprint density at radius 3 is 2.58 bits per heavy atom. The Morgan fingerprint density at radius 2 is 1.83 bits per heavy atom. The maximum absolute atomic E-state index is 12.9. The van der Waals surface area contributed by atoms with E-state index in [9.17, 15) is 13.2 Å². The first-order chi connectivity index (χ1) is 11.5. The SMILES string of the molecule is NCC(=O)N1CCCN(S(=O)(=O)c2ccc3c(c2)OCCO3)CC1. The summed E-state index contributed by atoms with van der Waals surface area (Å²) < 4.78 is 38.0. The van der Waals surface area contributed by atoms with Crippen LogP contribution in [0.4, 0.5) is 0 Å². The van der Waals surface area contributed by atoms with Crippen molar-refractivity contribution in [2.24, 2.45) is 5.73 Å². The van der Waals surface area contributed by atoms with Gasteiger partial charge in [-0.15, -0.1) is 0 Å². The molecule has 8 nitrogen and oxygen atoms in total. The minimum atomic E-state index is -3.65. The number of nitrogens with two attached hydrogens (primary N) is 1. The molecule has 2 aliphatic heterocycles.